The van der Waals surface area contributed by atoms with Crippen LogP contribution in [0.15, 0.2) is 27.4 Å². The number of halogens is 1. The van der Waals surface area contributed by atoms with E-state index in [1.165, 1.54) is 17.4 Å². The van der Waals surface area contributed by atoms with Crippen molar-refractivity contribution in [1.29, 1.82) is 0 Å². The zero-order valence-electron chi connectivity index (χ0n) is 8.31. The van der Waals surface area contributed by atoms with Gasteiger partial charge in [-0.1, -0.05) is 18.7 Å². The summed E-state index contributed by atoms with van der Waals surface area (Å²) < 4.78 is 24.1. The minimum atomic E-state index is -3.65. The van der Waals surface area contributed by atoms with Crippen molar-refractivity contribution < 1.29 is 8.42 Å². The molecule has 86 valence electrons. The van der Waals surface area contributed by atoms with Crippen LogP contribution in [-0.4, -0.2) is 19.2 Å². The van der Waals surface area contributed by atoms with Crippen molar-refractivity contribution in [2.24, 2.45) is 0 Å². The number of nitrogens with zero attached hydrogens (tertiary/aromatic N) is 1. The summed E-state index contributed by atoms with van der Waals surface area (Å²) in [5.74, 6) is 0.945. The first kappa shape index (κ1) is 12.2. The lowest BCUT2D eigenvalue weighted by Gasteiger charge is -1.94. The van der Waals surface area contributed by atoms with Gasteiger partial charge in [0.1, 0.15) is 0 Å². The lowest BCUT2D eigenvalue weighted by molar-refractivity contribution is 0.609. The van der Waals surface area contributed by atoms with Crippen LogP contribution in [0, 0.1) is 0 Å². The van der Waals surface area contributed by atoms with Gasteiger partial charge in [0.15, 0.2) is 4.34 Å². The molecule has 0 N–H and O–H groups in total. The normalized spacial score (nSPS) is 12.1. The Hall–Kier alpha value is -0.300. The zero-order valence-corrected chi connectivity index (χ0v) is 11.5. The monoisotopic (exact) mass is 293 g/mol. The van der Waals surface area contributed by atoms with Gasteiger partial charge in [0, 0.05) is 10.7 Å². The highest BCUT2D eigenvalue weighted by atomic mass is 35.7. The molecular formula is C9H8ClNO2S3. The summed E-state index contributed by atoms with van der Waals surface area (Å²) in [5.41, 5.74) is 0.810. The molecule has 0 saturated carbocycles. The number of thiazole rings is 1. The molecule has 2 aromatic rings. The lowest BCUT2D eigenvalue weighted by atomic mass is 10.3. The molecule has 0 aliphatic heterocycles. The van der Waals surface area contributed by atoms with E-state index in [1.54, 1.807) is 23.9 Å². The highest BCUT2D eigenvalue weighted by Crippen LogP contribution is 2.31. The number of aromatic nitrogens is 1. The first-order chi connectivity index (χ1) is 7.50. The fourth-order valence-corrected chi connectivity index (χ4v) is 4.08. The summed E-state index contributed by atoms with van der Waals surface area (Å²) >= 11 is 3.12. The quantitative estimate of drug-likeness (QED) is 0.643. The van der Waals surface area contributed by atoms with Crippen molar-refractivity contribution in [2.45, 2.75) is 16.2 Å². The second kappa shape index (κ2) is 4.52. The van der Waals surface area contributed by atoms with Crippen LogP contribution < -0.4 is 0 Å². The van der Waals surface area contributed by atoms with Crippen molar-refractivity contribution in [1.82, 2.24) is 4.98 Å². The number of hydrogen-bond donors (Lipinski definition) is 0. The number of rotatable bonds is 3. The second-order valence-corrected chi connectivity index (χ2v) is 8.09. The minimum Gasteiger partial charge on any atom is -0.230 e. The van der Waals surface area contributed by atoms with Gasteiger partial charge in [0.05, 0.1) is 15.1 Å². The Balaban J connectivity index is 2.54. The Labute approximate surface area is 106 Å². The third-order valence-corrected chi connectivity index (χ3v) is 5.28. The molecule has 1 aromatic heterocycles. The number of thioether (sulfide) groups is 1. The van der Waals surface area contributed by atoms with Gasteiger partial charge in [-0.2, -0.15) is 0 Å². The van der Waals surface area contributed by atoms with Crippen molar-refractivity contribution in [3.8, 4) is 0 Å². The molecule has 16 heavy (non-hydrogen) atoms. The topological polar surface area (TPSA) is 47.0 Å². The molecule has 0 fully saturated rings. The van der Waals surface area contributed by atoms with Crippen LogP contribution in [0.4, 0.5) is 0 Å². The maximum atomic E-state index is 11.2. The summed E-state index contributed by atoms with van der Waals surface area (Å²) in [5, 5.41) is 0. The van der Waals surface area contributed by atoms with E-state index in [0.29, 0.717) is 0 Å². The van der Waals surface area contributed by atoms with Crippen molar-refractivity contribution in [2.75, 3.05) is 5.75 Å². The SMILES string of the molecule is CCSc1nc2ccc(S(=O)(=O)Cl)cc2s1. The van der Waals surface area contributed by atoms with Crippen molar-refractivity contribution in [3.05, 3.63) is 18.2 Å². The Bertz CT molecular complexity index is 621. The first-order valence-corrected chi connectivity index (χ1v) is 8.60. The molecular weight excluding hydrogens is 286 g/mol. The van der Waals surface area contributed by atoms with Gasteiger partial charge in [0.25, 0.3) is 9.05 Å². The third-order valence-electron chi connectivity index (χ3n) is 1.89. The molecule has 0 amide bonds. The van der Waals surface area contributed by atoms with Gasteiger partial charge in [-0.05, 0) is 24.0 Å². The highest BCUT2D eigenvalue weighted by molar-refractivity contribution is 8.13. The van der Waals surface area contributed by atoms with Crippen LogP contribution in [0.5, 0.6) is 0 Å². The van der Waals surface area contributed by atoms with Gasteiger partial charge in [0.2, 0.25) is 0 Å². The Morgan fingerprint density at radius 1 is 1.50 bits per heavy atom. The molecule has 0 saturated heterocycles. The van der Waals surface area contributed by atoms with Crippen molar-refractivity contribution in [3.63, 3.8) is 0 Å². The van der Waals surface area contributed by atoms with Gasteiger partial charge in [-0.25, -0.2) is 13.4 Å². The molecule has 1 heterocycles. The highest BCUT2D eigenvalue weighted by Gasteiger charge is 2.12. The smallest absolute Gasteiger partial charge is 0.230 e. The van der Waals surface area contributed by atoms with Crippen LogP contribution in [0.25, 0.3) is 10.2 Å². The molecule has 0 spiro atoms. The fourth-order valence-electron chi connectivity index (χ4n) is 1.22. The second-order valence-electron chi connectivity index (χ2n) is 2.98. The molecule has 0 aliphatic carbocycles. The minimum absolute atomic E-state index is 0.123. The molecule has 0 radical (unpaired) electrons. The van der Waals surface area contributed by atoms with E-state index in [9.17, 15) is 8.42 Å². The van der Waals surface area contributed by atoms with Crippen molar-refractivity contribution >= 4 is 53.0 Å². The van der Waals surface area contributed by atoms with Crippen LogP contribution >= 0.6 is 33.8 Å². The van der Waals surface area contributed by atoms with Crippen LogP contribution in [0.3, 0.4) is 0 Å². The largest absolute Gasteiger partial charge is 0.261 e. The van der Waals surface area contributed by atoms with Crippen LogP contribution in [0.1, 0.15) is 6.92 Å². The summed E-state index contributed by atoms with van der Waals surface area (Å²) in [6.07, 6.45) is 0. The zero-order chi connectivity index (χ0) is 11.8. The summed E-state index contributed by atoms with van der Waals surface area (Å²) in [4.78, 5) is 4.49. The van der Waals surface area contributed by atoms with Gasteiger partial charge in [-0.3, -0.25) is 0 Å². The van der Waals surface area contributed by atoms with Gasteiger partial charge >= 0.3 is 0 Å². The Morgan fingerprint density at radius 2 is 2.25 bits per heavy atom. The van der Waals surface area contributed by atoms with E-state index < -0.39 is 9.05 Å². The number of benzene rings is 1. The number of fused-ring (bicyclic) bond motifs is 1. The molecule has 0 bridgehead atoms. The molecule has 0 unspecified atom stereocenters. The Kier molecular flexibility index (Phi) is 3.44. The predicted molar refractivity (Wildman–Crippen MR) is 69.1 cm³/mol. The van der Waals surface area contributed by atoms with E-state index in [4.69, 9.17) is 10.7 Å². The van der Waals surface area contributed by atoms with Gasteiger partial charge < -0.3 is 0 Å². The molecule has 0 aliphatic rings. The number of hydrogen-bond acceptors (Lipinski definition) is 5. The standard InChI is InChI=1S/C9H8ClNO2S3/c1-2-14-9-11-7-4-3-6(16(10,12)13)5-8(7)15-9/h3-5H,2H2,1H3. The van der Waals surface area contributed by atoms with Crippen LogP contribution in [-0.2, 0) is 9.05 Å². The maximum absolute atomic E-state index is 11.2. The van der Waals surface area contributed by atoms with Crippen LogP contribution in [0.2, 0.25) is 0 Å². The maximum Gasteiger partial charge on any atom is 0.261 e. The van der Waals surface area contributed by atoms with E-state index in [2.05, 4.69) is 4.98 Å². The average Bonchev–Trinajstić information content (AvgIpc) is 2.57. The summed E-state index contributed by atoms with van der Waals surface area (Å²) in [6, 6.07) is 4.72. The Morgan fingerprint density at radius 3 is 2.88 bits per heavy atom. The third kappa shape index (κ3) is 2.51. The molecule has 7 heteroatoms. The predicted octanol–water partition coefficient (Wildman–Crippen LogP) is 3.34. The molecule has 2 rings (SSSR count). The van der Waals surface area contributed by atoms with E-state index in [-0.39, 0.29) is 4.90 Å². The fraction of sp³-hybridized carbons (Fsp3) is 0.222. The molecule has 0 atom stereocenters. The summed E-state index contributed by atoms with van der Waals surface area (Å²) in [6.45, 7) is 2.05. The van der Waals surface area contributed by atoms with Gasteiger partial charge in [-0.15, -0.1) is 11.3 Å². The van der Waals surface area contributed by atoms with E-state index >= 15 is 0 Å². The first-order valence-electron chi connectivity index (χ1n) is 4.49. The molecule has 1 aromatic carbocycles. The summed E-state index contributed by atoms with van der Waals surface area (Å²) in [7, 11) is 1.63. The van der Waals surface area contributed by atoms with E-state index in [0.717, 1.165) is 20.3 Å². The molecule has 3 nitrogen and oxygen atoms in total. The van der Waals surface area contributed by atoms with E-state index in [1.807, 2.05) is 6.92 Å². The average molecular weight is 294 g/mol. The lowest BCUT2D eigenvalue weighted by Crippen LogP contribution is -1.88.